The molecule has 0 amide bonds. The fraction of sp³-hybridized carbons (Fsp3) is 0.660. The van der Waals surface area contributed by atoms with Crippen molar-refractivity contribution in [2.45, 2.75) is 173 Å². The van der Waals surface area contributed by atoms with Crippen LogP contribution in [0.25, 0.3) is 0 Å². The number of hydrogen-bond acceptors (Lipinski definition) is 16. The van der Waals surface area contributed by atoms with E-state index in [1.54, 1.807) is 6.08 Å². The standard InChI is InChI=1S/C47H77N3O16P2/c1-4-38(51)29-25-21-17-13-9-7-5-6-8-10-14-19-23-27-31-43(53)64-39(34-61-42(52)30-26-22-18-15-11-12-16-20-24-28-37(2)3)35-62-67(57,58)66-68(59,60)63-36-40-44(54)45(55)46(65-40)50-33-32-41(48)49-47(50)56/h6-9,14,17,19,21,25,29,32-33,37-40,44-46,51,54-55H,4-5,10-13,15-16,18,20,22-24,26-28,30-31,34-36H2,1-3H3,(H,57,58)(H,59,60)(H2,48,49,56)/b8-6-,9-7-,19-14-,21-17-,29-25+/t38-,39-,40-,44-,45-,46-/m1/s1. The topological polar surface area (TPSA) is 286 Å². The Bertz CT molecular complexity index is 1900. The summed E-state index contributed by atoms with van der Waals surface area (Å²) in [5.74, 6) is -0.664. The normalized spacial score (nSPS) is 20.5. The lowest BCUT2D eigenvalue weighted by Crippen LogP contribution is -2.36. The first-order valence-electron chi connectivity index (χ1n) is 23.8. The lowest BCUT2D eigenvalue weighted by Gasteiger charge is -2.21. The molecule has 1 saturated heterocycles. The van der Waals surface area contributed by atoms with Gasteiger partial charge in [-0.1, -0.05) is 139 Å². The summed E-state index contributed by atoms with van der Waals surface area (Å²) in [6.07, 6.45) is 27.2. The monoisotopic (exact) mass is 1000 g/mol. The van der Waals surface area contributed by atoms with Crippen molar-refractivity contribution in [1.82, 2.24) is 9.55 Å². The van der Waals surface area contributed by atoms with Gasteiger partial charge in [-0.15, -0.1) is 0 Å². The minimum atomic E-state index is -5.44. The van der Waals surface area contributed by atoms with Crippen LogP contribution in [-0.2, 0) is 46.3 Å². The van der Waals surface area contributed by atoms with Crippen molar-refractivity contribution >= 4 is 33.4 Å². The Kier molecular flexibility index (Phi) is 30.9. The van der Waals surface area contributed by atoms with E-state index >= 15 is 0 Å². The van der Waals surface area contributed by atoms with Crippen LogP contribution >= 0.6 is 15.6 Å². The van der Waals surface area contributed by atoms with E-state index in [9.17, 15) is 48.6 Å². The molecule has 386 valence electrons. The van der Waals surface area contributed by atoms with E-state index in [0.29, 0.717) is 32.1 Å². The average molecular weight is 1000 g/mol. The van der Waals surface area contributed by atoms with E-state index in [2.05, 4.69) is 35.3 Å². The molecule has 0 saturated carbocycles. The van der Waals surface area contributed by atoms with E-state index in [1.165, 1.54) is 38.2 Å². The van der Waals surface area contributed by atoms with Crippen molar-refractivity contribution in [3.05, 3.63) is 83.5 Å². The van der Waals surface area contributed by atoms with Crippen molar-refractivity contribution in [3.63, 3.8) is 0 Å². The van der Waals surface area contributed by atoms with Gasteiger partial charge in [0.1, 0.15) is 30.7 Å². The fourth-order valence-corrected chi connectivity index (χ4v) is 8.71. The van der Waals surface area contributed by atoms with Crippen LogP contribution in [0.15, 0.2) is 77.8 Å². The third kappa shape index (κ3) is 28.2. The molecule has 1 fully saturated rings. The number of phosphoric ester groups is 2. The number of nitrogens with zero attached hydrogens (tertiary/aromatic N) is 2. The lowest BCUT2D eigenvalue weighted by molar-refractivity contribution is -0.161. The molecule has 21 heteroatoms. The molecule has 8 atom stereocenters. The minimum Gasteiger partial charge on any atom is -0.462 e. The highest BCUT2D eigenvalue weighted by Gasteiger charge is 2.46. The Morgan fingerprint density at radius 3 is 2.03 bits per heavy atom. The molecule has 0 aromatic carbocycles. The highest BCUT2D eigenvalue weighted by Crippen LogP contribution is 2.60. The first-order valence-corrected chi connectivity index (χ1v) is 26.8. The number of anilines is 1. The summed E-state index contributed by atoms with van der Waals surface area (Å²) in [5.41, 5.74) is 4.57. The number of esters is 2. The molecule has 1 aromatic heterocycles. The molecule has 1 aliphatic heterocycles. The number of aromatic nitrogens is 2. The number of unbranched alkanes of at least 4 members (excludes halogenated alkanes) is 9. The number of aliphatic hydroxyl groups excluding tert-OH is 3. The summed E-state index contributed by atoms with van der Waals surface area (Å²) < 4.78 is 56.6. The number of allylic oxidation sites excluding steroid dienone is 9. The Morgan fingerprint density at radius 2 is 1.40 bits per heavy atom. The number of phosphoric acid groups is 2. The van der Waals surface area contributed by atoms with E-state index < -0.39 is 89.8 Å². The van der Waals surface area contributed by atoms with Gasteiger partial charge in [0.05, 0.1) is 19.3 Å². The molecular weight excluding hydrogens is 924 g/mol. The molecule has 68 heavy (non-hydrogen) atoms. The summed E-state index contributed by atoms with van der Waals surface area (Å²) >= 11 is 0. The number of hydrogen-bond donors (Lipinski definition) is 6. The maximum Gasteiger partial charge on any atom is 0.481 e. The van der Waals surface area contributed by atoms with Gasteiger partial charge in [-0.3, -0.25) is 23.2 Å². The second-order valence-corrected chi connectivity index (χ2v) is 20.0. The SMILES string of the molecule is CC[C@@H](O)/C=C/C=C\C/C=C\C/C=C\C/C=C\CCCC(=O)O[C@H](COC(=O)CCCCCCCCCCCC(C)C)COP(=O)(O)OP(=O)(O)OC[C@H]1O[C@@H](n2ccc(N)nc2=O)[C@H](O)[C@@H]1O. The first kappa shape index (κ1) is 60.5. The summed E-state index contributed by atoms with van der Waals surface area (Å²) in [4.78, 5) is 61.7. The van der Waals surface area contributed by atoms with E-state index in [0.717, 1.165) is 55.2 Å². The lowest BCUT2D eigenvalue weighted by atomic mass is 10.0. The van der Waals surface area contributed by atoms with E-state index in [-0.39, 0.29) is 18.7 Å². The molecule has 19 nitrogen and oxygen atoms in total. The first-order chi connectivity index (χ1) is 32.4. The highest BCUT2D eigenvalue weighted by molar-refractivity contribution is 7.61. The Balaban J connectivity index is 1.86. The Morgan fingerprint density at radius 1 is 0.809 bits per heavy atom. The molecule has 1 aliphatic rings. The number of carbonyl (C=O) groups excluding carboxylic acids is 2. The third-order valence-electron chi connectivity index (χ3n) is 10.5. The summed E-state index contributed by atoms with van der Waals surface area (Å²) in [5, 5.41) is 30.4. The quantitative estimate of drug-likeness (QED) is 0.0121. The van der Waals surface area contributed by atoms with Gasteiger partial charge in [-0.2, -0.15) is 9.29 Å². The summed E-state index contributed by atoms with van der Waals surface area (Å²) in [6.45, 7) is 4.01. The molecule has 0 aliphatic carbocycles. The number of nitrogen functional groups attached to an aromatic ring is 1. The van der Waals surface area contributed by atoms with Gasteiger partial charge in [0, 0.05) is 19.0 Å². The zero-order valence-corrected chi connectivity index (χ0v) is 41.7. The van der Waals surface area contributed by atoms with Crippen LogP contribution < -0.4 is 11.4 Å². The van der Waals surface area contributed by atoms with Crippen molar-refractivity contribution in [2.75, 3.05) is 25.6 Å². The van der Waals surface area contributed by atoms with Crippen molar-refractivity contribution < 1.29 is 71.4 Å². The van der Waals surface area contributed by atoms with Gasteiger partial charge in [0.2, 0.25) is 0 Å². The summed E-state index contributed by atoms with van der Waals surface area (Å²) in [6, 6.07) is 1.24. The number of nitrogens with two attached hydrogens (primary N) is 1. The fourth-order valence-electron chi connectivity index (χ4n) is 6.60. The van der Waals surface area contributed by atoms with Gasteiger partial charge in [0.15, 0.2) is 12.3 Å². The van der Waals surface area contributed by atoms with Crippen LogP contribution in [0.3, 0.4) is 0 Å². The van der Waals surface area contributed by atoms with Gasteiger partial charge in [-0.25, -0.2) is 13.9 Å². The number of ether oxygens (including phenoxy) is 3. The van der Waals surface area contributed by atoms with Crippen molar-refractivity contribution in [1.29, 1.82) is 0 Å². The minimum absolute atomic E-state index is 0.0438. The van der Waals surface area contributed by atoms with E-state index in [4.69, 9.17) is 29.0 Å². The Hall–Kier alpha value is -3.58. The molecule has 7 N–H and O–H groups in total. The van der Waals surface area contributed by atoms with Crippen LogP contribution in [0.5, 0.6) is 0 Å². The van der Waals surface area contributed by atoms with Gasteiger partial charge < -0.3 is 45.1 Å². The average Bonchev–Trinajstić information content (AvgIpc) is 3.56. The molecule has 0 bridgehead atoms. The largest absolute Gasteiger partial charge is 0.481 e. The molecule has 0 spiro atoms. The van der Waals surface area contributed by atoms with Crippen LogP contribution in [0.1, 0.15) is 143 Å². The van der Waals surface area contributed by atoms with E-state index in [1.807, 2.05) is 49.5 Å². The predicted molar refractivity (Wildman–Crippen MR) is 258 cm³/mol. The van der Waals surface area contributed by atoms with Crippen LogP contribution in [0.2, 0.25) is 0 Å². The number of rotatable bonds is 37. The van der Waals surface area contributed by atoms with Crippen molar-refractivity contribution in [2.24, 2.45) is 5.92 Å². The highest BCUT2D eigenvalue weighted by atomic mass is 31.3. The molecular formula is C47H77N3O16P2. The third-order valence-corrected chi connectivity index (χ3v) is 13.1. The second-order valence-electron chi connectivity index (χ2n) is 16.9. The molecule has 2 unspecified atom stereocenters. The zero-order chi connectivity index (χ0) is 50.2. The number of carbonyl (C=O) groups is 2. The molecule has 2 rings (SSSR count). The smallest absolute Gasteiger partial charge is 0.462 e. The van der Waals surface area contributed by atoms with Crippen LogP contribution in [-0.4, -0.2) is 96.9 Å². The van der Waals surface area contributed by atoms with Crippen LogP contribution in [0, 0.1) is 5.92 Å². The maximum atomic E-state index is 12.8. The van der Waals surface area contributed by atoms with Crippen molar-refractivity contribution in [3.8, 4) is 0 Å². The molecule has 1 aromatic rings. The predicted octanol–water partition coefficient (Wildman–Crippen LogP) is 7.99. The van der Waals surface area contributed by atoms with Gasteiger partial charge in [0.25, 0.3) is 0 Å². The molecule has 2 heterocycles. The van der Waals surface area contributed by atoms with Gasteiger partial charge in [-0.05, 0) is 56.9 Å². The van der Waals surface area contributed by atoms with Gasteiger partial charge >= 0.3 is 33.3 Å². The van der Waals surface area contributed by atoms with Crippen LogP contribution in [0.4, 0.5) is 5.82 Å². The zero-order valence-electron chi connectivity index (χ0n) is 39.9. The Labute approximate surface area is 401 Å². The molecule has 0 radical (unpaired) electrons. The summed E-state index contributed by atoms with van der Waals surface area (Å²) in [7, 11) is -10.9. The number of aliphatic hydroxyl groups is 3. The maximum absolute atomic E-state index is 12.8. The second kappa shape index (κ2) is 34.7.